The maximum atomic E-state index is 6.60. The lowest BCUT2D eigenvalue weighted by atomic mass is 9.90. The molecule has 6 rings (SSSR count). The van der Waals surface area contributed by atoms with Gasteiger partial charge in [0.05, 0.1) is 5.38 Å². The van der Waals surface area contributed by atoms with Gasteiger partial charge in [-0.25, -0.2) is 0 Å². The first kappa shape index (κ1) is 40.1. The van der Waals surface area contributed by atoms with E-state index in [1.54, 1.807) is 0 Å². The van der Waals surface area contributed by atoms with Crippen LogP contribution in [0.1, 0.15) is 103 Å². The van der Waals surface area contributed by atoms with Crippen LogP contribution in [-0.2, 0) is 6.42 Å². The first-order chi connectivity index (χ1) is 22.9. The monoisotopic (exact) mass is 710 g/mol. The predicted octanol–water partition coefficient (Wildman–Crippen LogP) is 14.9. The van der Waals surface area contributed by atoms with Crippen LogP contribution in [0, 0.1) is 13.8 Å². The number of aryl methyl sites for hydroxylation is 3. The fraction of sp³-hybridized carbons (Fsp3) is 0.304. The molecule has 1 unspecified atom stereocenters. The zero-order valence-electron chi connectivity index (χ0n) is 29.6. The van der Waals surface area contributed by atoms with Crippen molar-refractivity contribution < 1.29 is 0 Å². The lowest BCUT2D eigenvalue weighted by molar-refractivity contribution is 0.600. The van der Waals surface area contributed by atoms with E-state index in [4.69, 9.17) is 11.6 Å². The van der Waals surface area contributed by atoms with Gasteiger partial charge in [-0.05, 0) is 102 Å². The summed E-state index contributed by atoms with van der Waals surface area (Å²) < 4.78 is 0. The third-order valence-corrected chi connectivity index (χ3v) is 10.1. The number of alkyl halides is 1. The Bertz CT molecular complexity index is 1850. The van der Waals surface area contributed by atoms with E-state index in [0.717, 1.165) is 12.8 Å². The van der Waals surface area contributed by atoms with E-state index in [9.17, 15) is 0 Å². The molecular formula is C46H53Cl3. The molecule has 3 atom stereocenters. The standard InChI is InChI=1S/C23H25Cl.C23H26.2ClH/c1-17-8-5-12-20(16-17)23(24)15-6-9-18(2)21-14-7-11-19-10-3-4-13-22(19)21;1-18-9-7-12-20(17-18)11-4-3-10-19(2)22-16-8-14-21-13-5-6-15-23(21)22;;/h3-5,7-8,10-14,16,18,23H,6,9,15H2,1-2H3;5-9,12-17,19H,3-4,10-11H2,1-2H3;2*1H/t18-,23?;19-;;/m00../s1. The normalized spacial score (nSPS) is 12.6. The lowest BCUT2D eigenvalue weighted by Crippen LogP contribution is -1.97. The molecule has 0 heterocycles. The van der Waals surface area contributed by atoms with Crippen LogP contribution in [0.2, 0.25) is 0 Å². The Hall–Kier alpha value is -3.29. The number of fused-ring (bicyclic) bond motifs is 2. The number of unbranched alkanes of at least 4 members (excludes halogenated alkanes) is 1. The van der Waals surface area contributed by atoms with Crippen LogP contribution in [0.3, 0.4) is 0 Å². The van der Waals surface area contributed by atoms with E-state index in [0.29, 0.717) is 11.8 Å². The molecule has 6 aromatic rings. The van der Waals surface area contributed by atoms with Gasteiger partial charge in [-0.15, -0.1) is 36.4 Å². The Morgan fingerprint density at radius 1 is 0.490 bits per heavy atom. The van der Waals surface area contributed by atoms with E-state index in [2.05, 4.69) is 161 Å². The first-order valence-electron chi connectivity index (χ1n) is 17.6. The molecule has 0 spiro atoms. The summed E-state index contributed by atoms with van der Waals surface area (Å²) >= 11 is 6.60. The quantitative estimate of drug-likeness (QED) is 0.0876. The Morgan fingerprint density at radius 2 is 0.980 bits per heavy atom. The summed E-state index contributed by atoms with van der Waals surface area (Å²) in [6.07, 6.45) is 8.37. The minimum Gasteiger partial charge on any atom is -0.147 e. The second-order valence-corrected chi connectivity index (χ2v) is 14.0. The van der Waals surface area contributed by atoms with Crippen LogP contribution < -0.4 is 0 Å². The summed E-state index contributed by atoms with van der Waals surface area (Å²) in [7, 11) is 0. The van der Waals surface area contributed by atoms with Crippen molar-refractivity contribution in [2.45, 2.75) is 89.9 Å². The van der Waals surface area contributed by atoms with Crippen molar-refractivity contribution in [1.29, 1.82) is 0 Å². The van der Waals surface area contributed by atoms with Crippen LogP contribution in [0.5, 0.6) is 0 Å². The Labute approximate surface area is 313 Å². The summed E-state index contributed by atoms with van der Waals surface area (Å²) in [5.41, 5.74) is 8.32. The van der Waals surface area contributed by atoms with E-state index in [-0.39, 0.29) is 30.2 Å². The third kappa shape index (κ3) is 11.6. The second kappa shape index (κ2) is 20.4. The second-order valence-electron chi connectivity index (χ2n) is 13.5. The summed E-state index contributed by atoms with van der Waals surface area (Å²) in [5, 5.41) is 5.60. The third-order valence-electron chi connectivity index (χ3n) is 9.64. The van der Waals surface area contributed by atoms with Crippen LogP contribution in [-0.4, -0.2) is 0 Å². The molecule has 0 bridgehead atoms. The van der Waals surface area contributed by atoms with Crippen molar-refractivity contribution in [3.05, 3.63) is 167 Å². The van der Waals surface area contributed by atoms with E-state index in [1.807, 2.05) is 0 Å². The molecule has 0 N–H and O–H groups in total. The van der Waals surface area contributed by atoms with Crippen molar-refractivity contribution in [3.8, 4) is 0 Å². The van der Waals surface area contributed by atoms with Gasteiger partial charge in [0, 0.05) is 0 Å². The maximum absolute atomic E-state index is 6.60. The van der Waals surface area contributed by atoms with Crippen molar-refractivity contribution in [1.82, 2.24) is 0 Å². The molecule has 0 aliphatic rings. The van der Waals surface area contributed by atoms with Gasteiger partial charge in [0.1, 0.15) is 0 Å². The molecule has 49 heavy (non-hydrogen) atoms. The fourth-order valence-corrected chi connectivity index (χ4v) is 7.24. The van der Waals surface area contributed by atoms with Gasteiger partial charge in [0.15, 0.2) is 0 Å². The van der Waals surface area contributed by atoms with Crippen LogP contribution in [0.15, 0.2) is 133 Å². The minimum absolute atomic E-state index is 0. The molecule has 0 saturated heterocycles. The van der Waals surface area contributed by atoms with Gasteiger partial charge >= 0.3 is 0 Å². The van der Waals surface area contributed by atoms with Gasteiger partial charge in [-0.1, -0.05) is 171 Å². The molecule has 0 aromatic heterocycles. The molecular weight excluding hydrogens is 659 g/mol. The largest absolute Gasteiger partial charge is 0.147 e. The number of hydrogen-bond acceptors (Lipinski definition) is 0. The molecule has 0 aliphatic heterocycles. The SMILES string of the molecule is Cc1cccc(C(Cl)CCC[C@H](C)c2cccc3ccccc23)c1.Cc1cccc(CCCC[C@H](C)c2cccc3ccccc23)c1.Cl.Cl. The molecule has 0 fully saturated rings. The van der Waals surface area contributed by atoms with Gasteiger partial charge in [0.2, 0.25) is 0 Å². The Morgan fingerprint density at radius 3 is 1.55 bits per heavy atom. The van der Waals surface area contributed by atoms with Gasteiger partial charge < -0.3 is 0 Å². The van der Waals surface area contributed by atoms with Crippen molar-refractivity contribution in [3.63, 3.8) is 0 Å². The van der Waals surface area contributed by atoms with Crippen LogP contribution >= 0.6 is 36.4 Å². The Balaban J connectivity index is 0.000000255. The molecule has 0 saturated carbocycles. The average molecular weight is 712 g/mol. The molecule has 0 nitrogen and oxygen atoms in total. The van der Waals surface area contributed by atoms with Crippen molar-refractivity contribution >= 4 is 58.0 Å². The summed E-state index contributed by atoms with van der Waals surface area (Å²) in [4.78, 5) is 0. The van der Waals surface area contributed by atoms with E-state index >= 15 is 0 Å². The minimum atomic E-state index is 0. The van der Waals surface area contributed by atoms with Gasteiger partial charge in [-0.3, -0.25) is 0 Å². The van der Waals surface area contributed by atoms with Crippen LogP contribution in [0.25, 0.3) is 21.5 Å². The summed E-state index contributed by atoms with van der Waals surface area (Å²) in [6, 6.07) is 48.2. The highest BCUT2D eigenvalue weighted by Gasteiger charge is 2.13. The smallest absolute Gasteiger partial charge is 0.0585 e. The van der Waals surface area contributed by atoms with E-state index in [1.165, 1.54) is 87.0 Å². The molecule has 0 aliphatic carbocycles. The topological polar surface area (TPSA) is 0 Å². The van der Waals surface area contributed by atoms with Crippen LogP contribution in [0.4, 0.5) is 0 Å². The predicted molar refractivity (Wildman–Crippen MR) is 222 cm³/mol. The lowest BCUT2D eigenvalue weighted by Gasteiger charge is -2.16. The van der Waals surface area contributed by atoms with Gasteiger partial charge in [0.25, 0.3) is 0 Å². The number of benzene rings is 6. The molecule has 3 heteroatoms. The highest BCUT2D eigenvalue weighted by atomic mass is 35.5. The average Bonchev–Trinajstić information content (AvgIpc) is 3.09. The maximum Gasteiger partial charge on any atom is 0.0585 e. The highest BCUT2D eigenvalue weighted by molar-refractivity contribution is 6.20. The summed E-state index contributed by atoms with van der Waals surface area (Å²) in [5.74, 6) is 1.18. The Kier molecular flexibility index (Phi) is 16.7. The zero-order valence-corrected chi connectivity index (χ0v) is 32.0. The number of hydrogen-bond donors (Lipinski definition) is 0. The highest BCUT2D eigenvalue weighted by Crippen LogP contribution is 2.33. The van der Waals surface area contributed by atoms with Gasteiger partial charge in [-0.2, -0.15) is 0 Å². The molecule has 258 valence electrons. The number of halogens is 3. The van der Waals surface area contributed by atoms with Crippen molar-refractivity contribution in [2.24, 2.45) is 0 Å². The number of rotatable bonds is 12. The zero-order chi connectivity index (χ0) is 33.0. The summed E-state index contributed by atoms with van der Waals surface area (Å²) in [6.45, 7) is 8.99. The van der Waals surface area contributed by atoms with Crippen molar-refractivity contribution in [2.75, 3.05) is 0 Å². The van der Waals surface area contributed by atoms with E-state index < -0.39 is 0 Å². The fourth-order valence-electron chi connectivity index (χ4n) is 6.95. The molecule has 6 aromatic carbocycles. The molecule has 0 amide bonds. The molecule has 0 radical (unpaired) electrons. The first-order valence-corrected chi connectivity index (χ1v) is 18.0.